The monoisotopic (exact) mass is 384 g/mol. The smallest absolute Gasteiger partial charge is 0.303 e. The predicted molar refractivity (Wildman–Crippen MR) is 91.8 cm³/mol. The first-order valence-electron chi connectivity index (χ1n) is 8.12. The lowest BCUT2D eigenvalue weighted by Gasteiger charge is -2.35. The summed E-state index contributed by atoms with van der Waals surface area (Å²) in [4.78, 5) is 35.2. The van der Waals surface area contributed by atoms with Gasteiger partial charge in [-0.3, -0.25) is 19.7 Å². The summed E-state index contributed by atoms with van der Waals surface area (Å²) in [6.45, 7) is 0.403. The highest BCUT2D eigenvalue weighted by Gasteiger charge is 2.29. The standard InChI is InChI=1S/C16H20N2O7S/c1-26(24,25)14-9-11(8-13(10-14)18(22)23)16(21)17-7-3-2-4-12(17)5-6-15(19)20/h8-10,12H,2-7H2,1H3,(H,19,20). The Balaban J connectivity index is 2.38. The number of hydrogen-bond donors (Lipinski definition) is 1. The van der Waals surface area contributed by atoms with E-state index in [1.54, 1.807) is 0 Å². The number of nitro groups is 1. The number of non-ortho nitro benzene ring substituents is 1. The van der Waals surface area contributed by atoms with Gasteiger partial charge in [0.1, 0.15) is 0 Å². The Bertz CT molecular complexity index is 835. The minimum absolute atomic E-state index is 0.0816. The molecule has 1 heterocycles. The van der Waals surface area contributed by atoms with Crippen molar-refractivity contribution in [1.82, 2.24) is 4.90 Å². The van der Waals surface area contributed by atoms with Crippen molar-refractivity contribution < 1.29 is 28.0 Å². The molecule has 142 valence electrons. The van der Waals surface area contributed by atoms with Crippen LogP contribution in [0.5, 0.6) is 0 Å². The predicted octanol–water partition coefficient (Wildman–Crippen LogP) is 1.86. The van der Waals surface area contributed by atoms with Gasteiger partial charge in [0.15, 0.2) is 9.84 Å². The number of sulfone groups is 1. The molecule has 1 aliphatic heterocycles. The van der Waals surface area contributed by atoms with Gasteiger partial charge in [-0.25, -0.2) is 8.42 Å². The van der Waals surface area contributed by atoms with Crippen LogP contribution < -0.4 is 0 Å². The number of carbonyl (C=O) groups is 2. The third-order valence-electron chi connectivity index (χ3n) is 4.36. The van der Waals surface area contributed by atoms with Crippen LogP contribution in [0.2, 0.25) is 0 Å². The lowest BCUT2D eigenvalue weighted by Crippen LogP contribution is -2.44. The average Bonchev–Trinajstić information content (AvgIpc) is 2.58. The highest BCUT2D eigenvalue weighted by molar-refractivity contribution is 7.90. The molecule has 10 heteroatoms. The molecular weight excluding hydrogens is 364 g/mol. The second-order valence-electron chi connectivity index (χ2n) is 6.33. The van der Waals surface area contributed by atoms with Crippen LogP contribution in [0, 0.1) is 10.1 Å². The van der Waals surface area contributed by atoms with E-state index in [0.717, 1.165) is 37.3 Å². The summed E-state index contributed by atoms with van der Waals surface area (Å²) in [5.74, 6) is -1.48. The minimum atomic E-state index is -3.73. The van der Waals surface area contributed by atoms with E-state index in [4.69, 9.17) is 5.11 Å². The van der Waals surface area contributed by atoms with Gasteiger partial charge in [-0.1, -0.05) is 0 Å². The van der Waals surface area contributed by atoms with Crippen LogP contribution >= 0.6 is 0 Å². The van der Waals surface area contributed by atoms with Crippen LogP contribution in [0.1, 0.15) is 42.5 Å². The summed E-state index contributed by atoms with van der Waals surface area (Å²) in [6, 6.07) is 2.82. The Hall–Kier alpha value is -2.49. The van der Waals surface area contributed by atoms with E-state index in [0.29, 0.717) is 13.0 Å². The number of hydrogen-bond acceptors (Lipinski definition) is 6. The van der Waals surface area contributed by atoms with Crippen molar-refractivity contribution in [2.75, 3.05) is 12.8 Å². The fourth-order valence-electron chi connectivity index (χ4n) is 3.05. The molecule has 1 saturated heterocycles. The molecule has 0 aromatic heterocycles. The largest absolute Gasteiger partial charge is 0.481 e. The van der Waals surface area contributed by atoms with Crippen molar-refractivity contribution in [2.24, 2.45) is 0 Å². The van der Waals surface area contributed by atoms with Crippen LogP contribution in [0.15, 0.2) is 23.1 Å². The maximum absolute atomic E-state index is 12.9. The Morgan fingerprint density at radius 2 is 2.00 bits per heavy atom. The summed E-state index contributed by atoms with van der Waals surface area (Å²) in [6.07, 6.45) is 3.36. The number of carboxylic acids is 1. The fourth-order valence-corrected chi connectivity index (χ4v) is 3.73. The SMILES string of the molecule is CS(=O)(=O)c1cc(C(=O)N2CCCCC2CCC(=O)O)cc([N+](=O)[O-])c1. The van der Waals surface area contributed by atoms with Gasteiger partial charge in [0.2, 0.25) is 0 Å². The molecule has 1 aliphatic rings. The van der Waals surface area contributed by atoms with E-state index < -0.39 is 32.3 Å². The number of amides is 1. The second kappa shape index (κ2) is 7.81. The zero-order chi connectivity index (χ0) is 19.5. The van der Waals surface area contributed by atoms with Gasteiger partial charge in [0, 0.05) is 43.0 Å². The van der Waals surface area contributed by atoms with E-state index >= 15 is 0 Å². The third kappa shape index (κ3) is 4.78. The molecule has 1 unspecified atom stereocenters. The fraction of sp³-hybridized carbons (Fsp3) is 0.500. The number of rotatable bonds is 6. The molecule has 0 saturated carbocycles. The Morgan fingerprint density at radius 1 is 1.31 bits per heavy atom. The lowest BCUT2D eigenvalue weighted by atomic mass is 9.97. The van der Waals surface area contributed by atoms with E-state index in [2.05, 4.69) is 0 Å². The van der Waals surface area contributed by atoms with Gasteiger partial charge < -0.3 is 10.0 Å². The Morgan fingerprint density at radius 3 is 2.58 bits per heavy atom. The van der Waals surface area contributed by atoms with Crippen LogP contribution in [0.3, 0.4) is 0 Å². The van der Waals surface area contributed by atoms with Crippen LogP contribution in [-0.4, -0.2) is 54.1 Å². The maximum Gasteiger partial charge on any atom is 0.303 e. The summed E-state index contributed by atoms with van der Waals surface area (Å²) >= 11 is 0. The first kappa shape index (κ1) is 19.8. The van der Waals surface area contributed by atoms with Gasteiger partial charge in [-0.15, -0.1) is 0 Å². The van der Waals surface area contributed by atoms with E-state index in [9.17, 15) is 28.1 Å². The topological polar surface area (TPSA) is 135 Å². The number of piperidine rings is 1. The molecule has 1 aromatic carbocycles. The number of carbonyl (C=O) groups excluding carboxylic acids is 1. The maximum atomic E-state index is 12.9. The molecule has 1 aromatic rings. The van der Waals surface area contributed by atoms with Crippen molar-refractivity contribution in [2.45, 2.75) is 43.0 Å². The zero-order valence-electron chi connectivity index (χ0n) is 14.3. The molecule has 1 amide bonds. The normalized spacial score (nSPS) is 17.7. The van der Waals surface area contributed by atoms with E-state index in [1.165, 1.54) is 4.90 Å². The molecule has 0 spiro atoms. The molecule has 1 fully saturated rings. The van der Waals surface area contributed by atoms with Crippen LogP contribution in [0.25, 0.3) is 0 Å². The molecule has 0 radical (unpaired) electrons. The number of benzene rings is 1. The molecule has 1 atom stereocenters. The lowest BCUT2D eigenvalue weighted by molar-refractivity contribution is -0.385. The molecule has 0 bridgehead atoms. The first-order valence-corrected chi connectivity index (χ1v) is 10.0. The Kier molecular flexibility index (Phi) is 5.96. The van der Waals surface area contributed by atoms with Crippen LogP contribution in [-0.2, 0) is 14.6 Å². The Labute approximate surface area is 150 Å². The van der Waals surface area contributed by atoms with Crippen molar-refractivity contribution in [3.05, 3.63) is 33.9 Å². The summed E-state index contributed by atoms with van der Waals surface area (Å²) in [7, 11) is -3.73. The second-order valence-corrected chi connectivity index (χ2v) is 8.34. The molecule has 26 heavy (non-hydrogen) atoms. The van der Waals surface area contributed by atoms with E-state index in [-0.39, 0.29) is 29.3 Å². The quantitative estimate of drug-likeness (QED) is 0.584. The van der Waals surface area contributed by atoms with Crippen molar-refractivity contribution in [3.63, 3.8) is 0 Å². The average molecular weight is 384 g/mol. The number of aliphatic carboxylic acids is 1. The number of nitrogens with zero attached hydrogens (tertiary/aromatic N) is 2. The highest BCUT2D eigenvalue weighted by Crippen LogP contribution is 2.26. The zero-order valence-corrected chi connectivity index (χ0v) is 15.1. The summed E-state index contributed by atoms with van der Waals surface area (Å²) in [5, 5.41) is 20.0. The van der Waals surface area contributed by atoms with Gasteiger partial charge >= 0.3 is 5.97 Å². The van der Waals surface area contributed by atoms with Crippen molar-refractivity contribution >= 4 is 27.4 Å². The van der Waals surface area contributed by atoms with Gasteiger partial charge in [-0.2, -0.15) is 0 Å². The number of likely N-dealkylation sites (tertiary alicyclic amines) is 1. The summed E-state index contributed by atoms with van der Waals surface area (Å²) < 4.78 is 23.6. The molecule has 0 aliphatic carbocycles. The molecular formula is C16H20N2O7S. The van der Waals surface area contributed by atoms with Gasteiger partial charge in [0.05, 0.1) is 9.82 Å². The van der Waals surface area contributed by atoms with E-state index in [1.807, 2.05) is 0 Å². The molecule has 9 nitrogen and oxygen atoms in total. The van der Waals surface area contributed by atoms with Gasteiger partial charge in [0.25, 0.3) is 11.6 Å². The number of carboxylic acid groups (broad SMARTS) is 1. The highest BCUT2D eigenvalue weighted by atomic mass is 32.2. The first-order chi connectivity index (χ1) is 12.1. The molecule has 1 N–H and O–H groups in total. The number of nitro benzene ring substituents is 1. The summed E-state index contributed by atoms with van der Waals surface area (Å²) in [5.41, 5.74) is -0.558. The third-order valence-corrected chi connectivity index (χ3v) is 5.45. The van der Waals surface area contributed by atoms with Crippen molar-refractivity contribution in [1.29, 1.82) is 0 Å². The van der Waals surface area contributed by atoms with Crippen LogP contribution in [0.4, 0.5) is 5.69 Å². The minimum Gasteiger partial charge on any atom is -0.481 e. The van der Waals surface area contributed by atoms with Crippen molar-refractivity contribution in [3.8, 4) is 0 Å². The van der Waals surface area contributed by atoms with Gasteiger partial charge in [-0.05, 0) is 31.7 Å². The molecule has 2 rings (SSSR count).